The summed E-state index contributed by atoms with van der Waals surface area (Å²) in [5, 5.41) is 11.8. The van der Waals surface area contributed by atoms with Crippen LogP contribution in [0.15, 0.2) is 18.2 Å². The summed E-state index contributed by atoms with van der Waals surface area (Å²) in [5.74, 6) is 1.63. The van der Waals surface area contributed by atoms with Gasteiger partial charge < -0.3 is 4.90 Å². The lowest BCUT2D eigenvalue weighted by atomic mass is 10.1. The van der Waals surface area contributed by atoms with Crippen molar-refractivity contribution >= 4 is 23.1 Å². The van der Waals surface area contributed by atoms with Crippen molar-refractivity contribution in [3.63, 3.8) is 0 Å². The maximum Gasteiger partial charge on any atom is 0.292 e. The summed E-state index contributed by atoms with van der Waals surface area (Å²) in [6.45, 7) is 8.10. The highest BCUT2D eigenvalue weighted by molar-refractivity contribution is 8.00. The molecule has 0 amide bonds. The van der Waals surface area contributed by atoms with Crippen molar-refractivity contribution in [2.75, 3.05) is 23.7 Å². The van der Waals surface area contributed by atoms with E-state index in [1.807, 2.05) is 30.8 Å². The van der Waals surface area contributed by atoms with Crippen LogP contribution in [0.25, 0.3) is 0 Å². The van der Waals surface area contributed by atoms with Gasteiger partial charge >= 0.3 is 0 Å². The molecule has 2 rings (SSSR count). The lowest BCUT2D eigenvalue weighted by molar-refractivity contribution is -0.384. The number of benzene rings is 1. The van der Waals surface area contributed by atoms with Gasteiger partial charge in [-0.25, -0.2) is 0 Å². The number of nitro benzene ring substituents is 1. The zero-order valence-corrected chi connectivity index (χ0v) is 12.4. The van der Waals surface area contributed by atoms with Gasteiger partial charge in [0, 0.05) is 30.2 Å². The Morgan fingerprint density at radius 1 is 1.47 bits per heavy atom. The predicted octanol–water partition coefficient (Wildman–Crippen LogP) is 3.48. The van der Waals surface area contributed by atoms with E-state index < -0.39 is 0 Å². The molecule has 1 fully saturated rings. The van der Waals surface area contributed by atoms with Crippen molar-refractivity contribution in [3.8, 4) is 0 Å². The second kappa shape index (κ2) is 5.82. The third kappa shape index (κ3) is 3.21. The summed E-state index contributed by atoms with van der Waals surface area (Å²) in [4.78, 5) is 13.1. The molecule has 1 heterocycles. The molecule has 19 heavy (non-hydrogen) atoms. The van der Waals surface area contributed by atoms with E-state index in [9.17, 15) is 10.1 Å². The zero-order valence-electron chi connectivity index (χ0n) is 11.6. The van der Waals surface area contributed by atoms with E-state index in [0.717, 1.165) is 30.1 Å². The summed E-state index contributed by atoms with van der Waals surface area (Å²) in [5.41, 5.74) is 1.93. The van der Waals surface area contributed by atoms with Crippen LogP contribution in [0.3, 0.4) is 0 Å². The molecule has 4 nitrogen and oxygen atoms in total. The van der Waals surface area contributed by atoms with E-state index in [0.29, 0.717) is 11.2 Å². The Hall–Kier alpha value is -1.23. The minimum atomic E-state index is -0.269. The topological polar surface area (TPSA) is 46.4 Å². The Morgan fingerprint density at radius 2 is 2.21 bits per heavy atom. The summed E-state index contributed by atoms with van der Waals surface area (Å²) in [7, 11) is 0. The van der Waals surface area contributed by atoms with Gasteiger partial charge in [-0.2, -0.15) is 11.8 Å². The maximum absolute atomic E-state index is 11.2. The minimum absolute atomic E-state index is 0.231. The fourth-order valence-corrected chi connectivity index (χ4v) is 3.64. The molecule has 1 atom stereocenters. The van der Waals surface area contributed by atoms with Gasteiger partial charge in [0.15, 0.2) is 0 Å². The van der Waals surface area contributed by atoms with Crippen molar-refractivity contribution < 1.29 is 4.92 Å². The summed E-state index contributed by atoms with van der Waals surface area (Å²) >= 11 is 1.98. The first-order chi connectivity index (χ1) is 8.99. The van der Waals surface area contributed by atoms with Gasteiger partial charge in [-0.05, 0) is 24.5 Å². The molecule has 1 aromatic rings. The molecule has 1 aliphatic heterocycles. The van der Waals surface area contributed by atoms with Crippen molar-refractivity contribution in [1.82, 2.24) is 0 Å². The molecule has 1 aromatic carbocycles. The SMILES string of the molecule is Cc1ccc(N2CCSC(C(C)C)C2)c([N+](=O)[O-])c1. The average Bonchev–Trinajstić information content (AvgIpc) is 2.38. The summed E-state index contributed by atoms with van der Waals surface area (Å²) < 4.78 is 0. The normalized spacial score (nSPS) is 19.8. The van der Waals surface area contributed by atoms with Gasteiger partial charge in [0.1, 0.15) is 5.69 Å². The van der Waals surface area contributed by atoms with Crippen LogP contribution in [0.5, 0.6) is 0 Å². The molecular weight excluding hydrogens is 260 g/mol. The highest BCUT2D eigenvalue weighted by Crippen LogP contribution is 2.34. The predicted molar refractivity (Wildman–Crippen MR) is 81.1 cm³/mol. The van der Waals surface area contributed by atoms with E-state index in [4.69, 9.17) is 0 Å². The van der Waals surface area contributed by atoms with Crippen LogP contribution in [0.4, 0.5) is 11.4 Å². The largest absolute Gasteiger partial charge is 0.364 e. The zero-order chi connectivity index (χ0) is 14.0. The molecule has 0 bridgehead atoms. The van der Waals surface area contributed by atoms with Crippen LogP contribution < -0.4 is 4.90 Å². The molecule has 0 radical (unpaired) electrons. The number of hydrogen-bond acceptors (Lipinski definition) is 4. The molecule has 104 valence electrons. The Kier molecular flexibility index (Phi) is 4.34. The third-order valence-electron chi connectivity index (χ3n) is 3.51. The lowest BCUT2D eigenvalue weighted by Crippen LogP contribution is -2.40. The Labute approximate surface area is 118 Å². The number of anilines is 1. The molecule has 1 saturated heterocycles. The number of nitro groups is 1. The number of aryl methyl sites for hydroxylation is 1. The Morgan fingerprint density at radius 3 is 2.84 bits per heavy atom. The van der Waals surface area contributed by atoms with Gasteiger partial charge in [-0.1, -0.05) is 19.9 Å². The van der Waals surface area contributed by atoms with Gasteiger partial charge in [-0.15, -0.1) is 0 Å². The Bertz CT molecular complexity index is 477. The second-order valence-corrected chi connectivity index (χ2v) is 6.70. The van der Waals surface area contributed by atoms with E-state index >= 15 is 0 Å². The number of rotatable bonds is 3. The quantitative estimate of drug-likeness (QED) is 0.628. The molecule has 5 heteroatoms. The smallest absolute Gasteiger partial charge is 0.292 e. The van der Waals surface area contributed by atoms with Crippen LogP contribution in [-0.2, 0) is 0 Å². The van der Waals surface area contributed by atoms with Gasteiger partial charge in [0.05, 0.1) is 4.92 Å². The van der Waals surface area contributed by atoms with E-state index in [1.54, 1.807) is 6.07 Å². The van der Waals surface area contributed by atoms with Gasteiger partial charge in [0.2, 0.25) is 0 Å². The highest BCUT2D eigenvalue weighted by atomic mass is 32.2. The first kappa shape index (κ1) is 14.2. The van der Waals surface area contributed by atoms with Crippen LogP contribution in [-0.4, -0.2) is 29.0 Å². The van der Waals surface area contributed by atoms with Crippen LogP contribution in [0, 0.1) is 23.0 Å². The molecule has 0 saturated carbocycles. The average molecular weight is 280 g/mol. The molecule has 1 aliphatic rings. The van der Waals surface area contributed by atoms with Crippen LogP contribution in [0.2, 0.25) is 0 Å². The van der Waals surface area contributed by atoms with Gasteiger partial charge in [0.25, 0.3) is 5.69 Å². The van der Waals surface area contributed by atoms with Crippen molar-refractivity contribution in [3.05, 3.63) is 33.9 Å². The van der Waals surface area contributed by atoms with E-state index in [-0.39, 0.29) is 10.6 Å². The monoisotopic (exact) mass is 280 g/mol. The summed E-state index contributed by atoms with van der Waals surface area (Å²) in [6, 6.07) is 5.51. The van der Waals surface area contributed by atoms with Crippen molar-refractivity contribution in [2.24, 2.45) is 5.92 Å². The molecule has 0 spiro atoms. The first-order valence-corrected chi connectivity index (χ1v) is 7.65. The molecule has 0 N–H and O–H groups in total. The molecule has 0 aromatic heterocycles. The van der Waals surface area contributed by atoms with Crippen LogP contribution in [0.1, 0.15) is 19.4 Å². The van der Waals surface area contributed by atoms with Crippen molar-refractivity contribution in [2.45, 2.75) is 26.0 Å². The number of hydrogen-bond donors (Lipinski definition) is 0. The molecule has 0 aliphatic carbocycles. The fraction of sp³-hybridized carbons (Fsp3) is 0.571. The maximum atomic E-state index is 11.2. The number of thioether (sulfide) groups is 1. The van der Waals surface area contributed by atoms with Crippen molar-refractivity contribution in [1.29, 1.82) is 0 Å². The Balaban J connectivity index is 2.28. The number of nitrogens with zero attached hydrogens (tertiary/aromatic N) is 2. The summed E-state index contributed by atoms with van der Waals surface area (Å²) in [6.07, 6.45) is 0. The standard InChI is InChI=1S/C14H20N2O2S/c1-10(2)14-9-15(6-7-19-14)12-5-4-11(3)8-13(12)16(17)18/h4-5,8,10,14H,6-7,9H2,1-3H3. The molecule has 1 unspecified atom stereocenters. The van der Waals surface area contributed by atoms with E-state index in [2.05, 4.69) is 18.7 Å². The minimum Gasteiger partial charge on any atom is -0.364 e. The fourth-order valence-electron chi connectivity index (χ4n) is 2.34. The van der Waals surface area contributed by atoms with Gasteiger partial charge in [-0.3, -0.25) is 10.1 Å². The lowest BCUT2D eigenvalue weighted by Gasteiger charge is -2.35. The van der Waals surface area contributed by atoms with Crippen LogP contribution >= 0.6 is 11.8 Å². The highest BCUT2D eigenvalue weighted by Gasteiger charge is 2.27. The third-order valence-corrected chi connectivity index (χ3v) is 5.05. The molecular formula is C14H20N2O2S. The second-order valence-electron chi connectivity index (χ2n) is 5.35. The first-order valence-electron chi connectivity index (χ1n) is 6.60. The van der Waals surface area contributed by atoms with E-state index in [1.165, 1.54) is 0 Å².